The number of benzene rings is 1. The van der Waals surface area contributed by atoms with Crippen LogP contribution in [0.5, 0.6) is 0 Å². The van der Waals surface area contributed by atoms with Gasteiger partial charge in [0.15, 0.2) is 0 Å². The van der Waals surface area contributed by atoms with E-state index in [-0.39, 0.29) is 17.7 Å². The van der Waals surface area contributed by atoms with Crippen molar-refractivity contribution in [3.05, 3.63) is 64.0 Å². The Kier molecular flexibility index (Phi) is 4.49. The second-order valence-electron chi connectivity index (χ2n) is 5.06. The lowest BCUT2D eigenvalue weighted by Crippen LogP contribution is -2.24. The molecule has 2 heterocycles. The molecule has 0 aliphatic heterocycles. The number of nitrogens with zero attached hydrogens (tertiary/aromatic N) is 4. The fourth-order valence-electron chi connectivity index (χ4n) is 2.28. The number of rotatable bonds is 4. The van der Waals surface area contributed by atoms with Crippen molar-refractivity contribution in [3.63, 3.8) is 0 Å². The van der Waals surface area contributed by atoms with Crippen molar-refractivity contribution in [2.75, 3.05) is 6.26 Å². The smallest absolute Gasteiger partial charge is 0.272 e. The van der Waals surface area contributed by atoms with Gasteiger partial charge in [0.25, 0.3) is 5.56 Å². The largest absolute Gasteiger partial charge is 0.441 e. The van der Waals surface area contributed by atoms with E-state index in [0.717, 1.165) is 5.56 Å². The summed E-state index contributed by atoms with van der Waals surface area (Å²) >= 11 is 1.27. The highest BCUT2D eigenvalue weighted by Crippen LogP contribution is 2.22. The topological polar surface area (TPSA) is 84.7 Å². The molecule has 1 aromatic carbocycles. The molecule has 0 amide bonds. The molecule has 0 saturated carbocycles. The highest BCUT2D eigenvalue weighted by Gasteiger charge is 2.15. The maximum atomic E-state index is 12.4. The minimum absolute atomic E-state index is 0.0504. The van der Waals surface area contributed by atoms with E-state index in [1.807, 2.05) is 36.4 Å². The molecule has 0 spiro atoms. The molecule has 0 aliphatic carbocycles. The van der Waals surface area contributed by atoms with Gasteiger partial charge in [0, 0.05) is 5.56 Å². The molecule has 0 radical (unpaired) electrons. The Morgan fingerprint density at radius 3 is 2.75 bits per heavy atom. The number of oxazole rings is 1. The zero-order valence-corrected chi connectivity index (χ0v) is 14.0. The van der Waals surface area contributed by atoms with Gasteiger partial charge in [-0.3, -0.25) is 9.36 Å². The van der Waals surface area contributed by atoms with E-state index in [4.69, 9.17) is 4.42 Å². The van der Waals surface area contributed by atoms with Crippen LogP contribution >= 0.6 is 11.8 Å². The Bertz CT molecular complexity index is 970. The van der Waals surface area contributed by atoms with Crippen LogP contribution in [0.15, 0.2) is 50.9 Å². The van der Waals surface area contributed by atoms with Gasteiger partial charge in [0.1, 0.15) is 28.1 Å². The van der Waals surface area contributed by atoms with Crippen LogP contribution in [-0.2, 0) is 6.54 Å². The Labute approximate surface area is 142 Å². The number of aryl methyl sites for hydroxylation is 1. The molecule has 0 saturated heterocycles. The summed E-state index contributed by atoms with van der Waals surface area (Å²) in [6, 6.07) is 11.5. The first-order chi connectivity index (χ1) is 11.6. The lowest BCUT2D eigenvalue weighted by molar-refractivity contribution is 0.537. The van der Waals surface area contributed by atoms with Gasteiger partial charge in [0.2, 0.25) is 5.89 Å². The molecule has 6 nitrogen and oxygen atoms in total. The number of nitriles is 1. The molecule has 3 rings (SSSR count). The predicted molar refractivity (Wildman–Crippen MR) is 90.8 cm³/mol. The van der Waals surface area contributed by atoms with E-state index in [1.54, 1.807) is 13.2 Å². The van der Waals surface area contributed by atoms with Crippen molar-refractivity contribution in [1.29, 1.82) is 5.26 Å². The average Bonchev–Trinajstić information content (AvgIpc) is 2.98. The summed E-state index contributed by atoms with van der Waals surface area (Å²) in [5.41, 5.74) is 1.18. The van der Waals surface area contributed by atoms with Gasteiger partial charge in [-0.2, -0.15) is 5.26 Å². The molecule has 0 aliphatic rings. The van der Waals surface area contributed by atoms with Gasteiger partial charge in [0.05, 0.1) is 12.9 Å². The zero-order chi connectivity index (χ0) is 17.1. The van der Waals surface area contributed by atoms with E-state index in [1.165, 1.54) is 22.7 Å². The lowest BCUT2D eigenvalue weighted by Gasteiger charge is -2.05. The molecular weight excluding hydrogens is 324 g/mol. The van der Waals surface area contributed by atoms with Crippen molar-refractivity contribution in [1.82, 2.24) is 14.5 Å². The summed E-state index contributed by atoms with van der Waals surface area (Å²) in [4.78, 5) is 21.0. The van der Waals surface area contributed by atoms with Crippen LogP contribution in [0.25, 0.3) is 11.5 Å². The van der Waals surface area contributed by atoms with Crippen LogP contribution < -0.4 is 5.56 Å². The van der Waals surface area contributed by atoms with Gasteiger partial charge in [-0.25, -0.2) is 9.97 Å². The van der Waals surface area contributed by atoms with Crippen LogP contribution in [0.2, 0.25) is 0 Å². The Balaban J connectivity index is 1.97. The van der Waals surface area contributed by atoms with Crippen molar-refractivity contribution in [2.45, 2.75) is 18.5 Å². The van der Waals surface area contributed by atoms with Crippen molar-refractivity contribution >= 4 is 11.8 Å². The third-order valence-electron chi connectivity index (χ3n) is 3.54. The van der Waals surface area contributed by atoms with Crippen LogP contribution in [0.3, 0.4) is 0 Å². The second-order valence-corrected chi connectivity index (χ2v) is 5.86. The third kappa shape index (κ3) is 2.96. The molecule has 120 valence electrons. The molecule has 0 N–H and O–H groups in total. The highest BCUT2D eigenvalue weighted by atomic mass is 32.2. The standard InChI is InChI=1S/C17H14N4O2S/c1-11-14(20-15(23-11)12-6-4-3-5-7-12)9-21-10-19-16(24-2)13(8-18)17(21)22/h3-7,10H,9H2,1-2H3. The number of hydrogen-bond acceptors (Lipinski definition) is 6. The van der Waals surface area contributed by atoms with Gasteiger partial charge in [-0.05, 0) is 25.3 Å². The first-order valence-corrected chi connectivity index (χ1v) is 8.41. The molecule has 7 heteroatoms. The van der Waals surface area contributed by atoms with Gasteiger partial charge in [-0.15, -0.1) is 11.8 Å². The number of thioether (sulfide) groups is 1. The SMILES string of the molecule is CSc1ncn(Cc2nc(-c3ccccc3)oc2C)c(=O)c1C#N. The zero-order valence-electron chi connectivity index (χ0n) is 13.2. The molecule has 0 unspecified atom stereocenters. The quantitative estimate of drug-likeness (QED) is 0.537. The molecule has 0 atom stereocenters. The minimum atomic E-state index is -0.375. The monoisotopic (exact) mass is 338 g/mol. The minimum Gasteiger partial charge on any atom is -0.441 e. The summed E-state index contributed by atoms with van der Waals surface area (Å²) in [7, 11) is 0. The lowest BCUT2D eigenvalue weighted by atomic mass is 10.2. The second kappa shape index (κ2) is 6.72. The van der Waals surface area contributed by atoms with Crippen molar-refractivity contribution in [2.24, 2.45) is 0 Å². The van der Waals surface area contributed by atoms with E-state index in [0.29, 0.717) is 22.4 Å². The van der Waals surface area contributed by atoms with Crippen LogP contribution in [0.1, 0.15) is 17.0 Å². The molecule has 0 fully saturated rings. The summed E-state index contributed by atoms with van der Waals surface area (Å²) < 4.78 is 7.07. The molecule has 24 heavy (non-hydrogen) atoms. The van der Waals surface area contributed by atoms with Crippen LogP contribution in [0.4, 0.5) is 0 Å². The fraction of sp³-hybridized carbons (Fsp3) is 0.176. The van der Waals surface area contributed by atoms with Gasteiger partial charge >= 0.3 is 0 Å². The van der Waals surface area contributed by atoms with E-state index < -0.39 is 0 Å². The first kappa shape index (κ1) is 16.0. The molecule has 2 aromatic heterocycles. The fourth-order valence-corrected chi connectivity index (χ4v) is 2.77. The predicted octanol–water partition coefficient (Wildman–Crippen LogP) is 2.85. The van der Waals surface area contributed by atoms with Crippen LogP contribution in [-0.4, -0.2) is 20.8 Å². The maximum Gasteiger partial charge on any atom is 0.272 e. The molecule has 3 aromatic rings. The number of aromatic nitrogens is 3. The summed E-state index contributed by atoms with van der Waals surface area (Å²) in [5.74, 6) is 1.14. The highest BCUT2D eigenvalue weighted by molar-refractivity contribution is 7.98. The molecule has 0 bridgehead atoms. The third-order valence-corrected chi connectivity index (χ3v) is 4.24. The van der Waals surface area contributed by atoms with Gasteiger partial charge < -0.3 is 4.42 Å². The van der Waals surface area contributed by atoms with E-state index in [9.17, 15) is 10.1 Å². The maximum absolute atomic E-state index is 12.4. The molecular formula is C17H14N4O2S. The Morgan fingerprint density at radius 2 is 2.08 bits per heavy atom. The van der Waals surface area contributed by atoms with E-state index in [2.05, 4.69) is 9.97 Å². The Hall–Kier alpha value is -2.85. The summed E-state index contributed by atoms with van der Waals surface area (Å²) in [6.07, 6.45) is 3.21. The van der Waals surface area contributed by atoms with Crippen molar-refractivity contribution in [3.8, 4) is 17.5 Å². The first-order valence-electron chi connectivity index (χ1n) is 7.19. The van der Waals surface area contributed by atoms with Gasteiger partial charge in [-0.1, -0.05) is 18.2 Å². The summed E-state index contributed by atoms with van der Waals surface area (Å²) in [5, 5.41) is 9.61. The Morgan fingerprint density at radius 1 is 1.33 bits per heavy atom. The number of hydrogen-bond donors (Lipinski definition) is 0. The normalized spacial score (nSPS) is 10.5. The average molecular weight is 338 g/mol. The van der Waals surface area contributed by atoms with Crippen LogP contribution in [0, 0.1) is 18.3 Å². The summed E-state index contributed by atoms with van der Waals surface area (Å²) in [6.45, 7) is 2.01. The van der Waals surface area contributed by atoms with Crippen molar-refractivity contribution < 1.29 is 4.42 Å². The van der Waals surface area contributed by atoms with E-state index >= 15 is 0 Å².